The number of aromatic nitrogens is 1. The van der Waals surface area contributed by atoms with E-state index in [-0.39, 0.29) is 16.9 Å². The molecule has 1 aliphatic rings. The smallest absolute Gasteiger partial charge is 0.325 e. The van der Waals surface area contributed by atoms with E-state index in [0.717, 1.165) is 22.2 Å². The minimum Gasteiger partial charge on any atom is -0.460 e. The van der Waals surface area contributed by atoms with Crippen LogP contribution in [0.25, 0.3) is 17.0 Å². The second kappa shape index (κ2) is 18.5. The van der Waals surface area contributed by atoms with E-state index in [1.165, 1.54) is 5.01 Å². The Labute approximate surface area is 349 Å². The number of fused-ring (bicyclic) bond motifs is 1. The summed E-state index contributed by atoms with van der Waals surface area (Å²) in [6, 6.07) is 7.30. The Hall–Kier alpha value is -2.74. The molecular formula is C41H62Cl3N5O6Si. The summed E-state index contributed by atoms with van der Waals surface area (Å²) in [4.78, 5) is 59.6. The van der Waals surface area contributed by atoms with Crippen LogP contribution in [0.3, 0.4) is 0 Å². The molecule has 11 nitrogen and oxygen atoms in total. The van der Waals surface area contributed by atoms with Gasteiger partial charge in [-0.05, 0) is 88.2 Å². The van der Waals surface area contributed by atoms with Crippen molar-refractivity contribution in [2.75, 3.05) is 13.2 Å². The van der Waals surface area contributed by atoms with Crippen molar-refractivity contribution in [3.05, 3.63) is 47.7 Å². The lowest BCUT2D eigenvalue weighted by Crippen LogP contribution is -2.63. The van der Waals surface area contributed by atoms with Gasteiger partial charge in [-0.15, -0.1) is 0 Å². The number of hydrogen-bond donors (Lipinski definition) is 3. The Morgan fingerprint density at radius 1 is 0.982 bits per heavy atom. The summed E-state index contributed by atoms with van der Waals surface area (Å²) < 4.78 is 10.3. The second-order valence-electron chi connectivity index (χ2n) is 17.7. The summed E-state index contributed by atoms with van der Waals surface area (Å²) in [5.41, 5.74) is 3.31. The maximum Gasteiger partial charge on any atom is 0.325 e. The van der Waals surface area contributed by atoms with E-state index in [9.17, 15) is 19.2 Å². The number of alkyl halides is 3. The number of carbonyl (C=O) groups is 4. The molecule has 56 heavy (non-hydrogen) atoms. The van der Waals surface area contributed by atoms with Crippen molar-refractivity contribution in [3.8, 4) is 0 Å². The highest BCUT2D eigenvalue weighted by atomic mass is 35.6. The number of rotatable bonds is 14. The maximum absolute atomic E-state index is 14.7. The molecule has 15 heteroatoms. The Balaban J connectivity index is 1.89. The molecule has 312 valence electrons. The number of hydrogen-bond acceptors (Lipinski definition) is 8. The zero-order chi connectivity index (χ0) is 42.6. The first-order valence-corrected chi connectivity index (χ1v) is 23.3. The highest BCUT2D eigenvalue weighted by Crippen LogP contribution is 2.45. The quantitative estimate of drug-likeness (QED) is 0.0982. The molecule has 1 saturated heterocycles. The van der Waals surface area contributed by atoms with Gasteiger partial charge in [-0.1, -0.05) is 114 Å². The molecule has 2 heterocycles. The Morgan fingerprint density at radius 3 is 2.18 bits per heavy atom. The van der Waals surface area contributed by atoms with Gasteiger partial charge in [-0.3, -0.25) is 29.2 Å². The van der Waals surface area contributed by atoms with Gasteiger partial charge in [0.05, 0.1) is 16.5 Å². The van der Waals surface area contributed by atoms with Gasteiger partial charge in [0.1, 0.15) is 24.7 Å². The SMILES string of the molecule is CC(C)c1ccc2ccc(/C=C/C(C)(C(=O)N[C@H](C(=O)N[C@@H](C)C(=O)N3CCC[C@@H](C(=O)OCC(Cl)(Cl)Cl)N3)C(C)C)C(C)(C)O[Si](C)(C)C(C)(C)C)cc2n1. The molecule has 1 fully saturated rings. The third-order valence-electron chi connectivity index (χ3n) is 11.1. The summed E-state index contributed by atoms with van der Waals surface area (Å²) in [7, 11) is -2.42. The van der Waals surface area contributed by atoms with Crippen LogP contribution in [0.1, 0.15) is 106 Å². The summed E-state index contributed by atoms with van der Waals surface area (Å²) in [6.07, 6.45) is 4.69. The fourth-order valence-corrected chi connectivity index (χ4v) is 8.04. The number of halogens is 3. The van der Waals surface area contributed by atoms with Crippen LogP contribution in [0, 0.1) is 11.3 Å². The van der Waals surface area contributed by atoms with Crippen LogP contribution in [0.15, 0.2) is 36.4 Å². The van der Waals surface area contributed by atoms with Gasteiger partial charge in [0.25, 0.3) is 5.91 Å². The first kappa shape index (κ1) is 47.6. The van der Waals surface area contributed by atoms with Crippen molar-refractivity contribution < 1.29 is 28.3 Å². The van der Waals surface area contributed by atoms with E-state index < -0.39 is 71.5 Å². The maximum atomic E-state index is 14.7. The topological polar surface area (TPSA) is 139 Å². The number of carbonyl (C=O) groups excluding carboxylic acids is 4. The Morgan fingerprint density at radius 2 is 1.61 bits per heavy atom. The van der Waals surface area contributed by atoms with Crippen molar-refractivity contribution in [1.29, 1.82) is 0 Å². The highest BCUT2D eigenvalue weighted by Gasteiger charge is 2.52. The standard InChI is InChI=1S/C41H62Cl3N5O6Si/c1-25(2)30-19-18-29-17-16-28(23-32(29)46-30)20-21-40(11,39(9,10)55-56(12,13)38(6,7)8)37(53)47-33(26(3)4)34(50)45-27(5)35(51)49-22-14-15-31(48-49)36(52)54-24-41(42,43)44/h16-21,23,25-27,31,33,48H,14-15,22,24H2,1-13H3,(H,45,50)(H,47,53)/b21-20+/t27-,31-,33-,40?/m0/s1. The summed E-state index contributed by atoms with van der Waals surface area (Å²) >= 11 is 17.1. The lowest BCUT2D eigenvalue weighted by Gasteiger charge is -2.49. The normalized spacial score (nSPS) is 18.2. The van der Waals surface area contributed by atoms with Gasteiger partial charge in [0, 0.05) is 17.6 Å². The predicted octanol–water partition coefficient (Wildman–Crippen LogP) is 8.23. The summed E-state index contributed by atoms with van der Waals surface area (Å²) in [5.74, 6) is -2.12. The molecule has 1 aromatic carbocycles. The van der Waals surface area contributed by atoms with Gasteiger partial charge in [-0.2, -0.15) is 0 Å². The molecule has 3 rings (SSSR count). The van der Waals surface area contributed by atoms with Crippen LogP contribution in [0.5, 0.6) is 0 Å². The van der Waals surface area contributed by atoms with E-state index in [2.05, 4.69) is 69.8 Å². The van der Waals surface area contributed by atoms with E-state index in [1.54, 1.807) is 6.92 Å². The van der Waals surface area contributed by atoms with Crippen LogP contribution >= 0.6 is 34.8 Å². The van der Waals surface area contributed by atoms with E-state index >= 15 is 0 Å². The zero-order valence-electron chi connectivity index (χ0n) is 35.2. The molecule has 0 aliphatic carbocycles. The summed E-state index contributed by atoms with van der Waals surface area (Å²) in [6.45, 7) is 25.7. The number of esters is 1. The number of pyridine rings is 1. The van der Waals surface area contributed by atoms with Crippen molar-refractivity contribution in [2.45, 2.75) is 141 Å². The molecule has 1 unspecified atom stereocenters. The number of benzene rings is 1. The largest absolute Gasteiger partial charge is 0.460 e. The van der Waals surface area contributed by atoms with Crippen LogP contribution < -0.4 is 16.1 Å². The molecule has 1 aromatic heterocycles. The third-order valence-corrected chi connectivity index (χ3v) is 16.0. The molecule has 3 N–H and O–H groups in total. The van der Waals surface area contributed by atoms with Gasteiger partial charge in [-0.25, -0.2) is 5.43 Å². The minimum absolute atomic E-state index is 0.138. The zero-order valence-corrected chi connectivity index (χ0v) is 38.5. The fourth-order valence-electron chi connectivity index (χ4n) is 6.08. The van der Waals surface area contributed by atoms with Gasteiger partial charge in [0.15, 0.2) is 8.32 Å². The molecule has 0 saturated carbocycles. The third kappa shape index (κ3) is 12.1. The number of hydrazine groups is 1. The van der Waals surface area contributed by atoms with E-state index in [4.69, 9.17) is 48.9 Å². The molecule has 3 amide bonds. The Bertz CT molecular complexity index is 1770. The fraction of sp³-hybridized carbons (Fsp3) is 0.634. The van der Waals surface area contributed by atoms with Crippen LogP contribution in [0.4, 0.5) is 0 Å². The lowest BCUT2D eigenvalue weighted by atomic mass is 9.73. The van der Waals surface area contributed by atoms with Gasteiger partial charge in [0.2, 0.25) is 15.6 Å². The van der Waals surface area contributed by atoms with Crippen molar-refractivity contribution in [2.24, 2.45) is 11.3 Å². The number of nitrogens with zero attached hydrogens (tertiary/aromatic N) is 2. The molecule has 0 spiro atoms. The van der Waals surface area contributed by atoms with Crippen molar-refractivity contribution in [1.82, 2.24) is 26.1 Å². The van der Waals surface area contributed by atoms with E-state index in [0.29, 0.717) is 19.4 Å². The van der Waals surface area contributed by atoms with Gasteiger partial charge < -0.3 is 19.8 Å². The van der Waals surface area contributed by atoms with Crippen LogP contribution in [0.2, 0.25) is 18.1 Å². The predicted molar refractivity (Wildman–Crippen MR) is 229 cm³/mol. The number of ether oxygens (including phenoxy) is 1. The lowest BCUT2D eigenvalue weighted by molar-refractivity contribution is -0.152. The number of amides is 3. The average Bonchev–Trinajstić information content (AvgIpc) is 3.09. The molecule has 4 atom stereocenters. The van der Waals surface area contributed by atoms with E-state index in [1.807, 2.05) is 71.0 Å². The molecule has 1 aliphatic heterocycles. The second-order valence-corrected chi connectivity index (χ2v) is 25.0. The van der Waals surface area contributed by atoms with Crippen LogP contribution in [-0.2, 0) is 28.3 Å². The first-order chi connectivity index (χ1) is 25.6. The highest BCUT2D eigenvalue weighted by molar-refractivity contribution is 6.74. The molecule has 0 bridgehead atoms. The average molecular weight is 855 g/mol. The monoisotopic (exact) mass is 853 g/mol. The number of nitrogens with one attached hydrogen (secondary N) is 3. The Kier molecular flexibility index (Phi) is 15.7. The summed E-state index contributed by atoms with van der Waals surface area (Å²) in [5, 5.41) is 7.98. The van der Waals surface area contributed by atoms with Crippen LogP contribution in [-0.4, -0.2) is 82.7 Å². The molecule has 0 radical (unpaired) electrons. The first-order valence-electron chi connectivity index (χ1n) is 19.3. The van der Waals surface area contributed by atoms with Crippen molar-refractivity contribution in [3.63, 3.8) is 0 Å². The van der Waals surface area contributed by atoms with Gasteiger partial charge >= 0.3 is 5.97 Å². The molecule has 2 aromatic rings. The molecular weight excluding hydrogens is 793 g/mol. The van der Waals surface area contributed by atoms with Crippen molar-refractivity contribution >= 4 is 83.8 Å². The minimum atomic E-state index is -2.42.